The fourth-order valence-corrected chi connectivity index (χ4v) is 2.62. The van der Waals surface area contributed by atoms with Gasteiger partial charge in [0.25, 0.3) is 0 Å². The van der Waals surface area contributed by atoms with Crippen LogP contribution < -0.4 is 5.73 Å². The van der Waals surface area contributed by atoms with Crippen molar-refractivity contribution in [3.05, 3.63) is 52.3 Å². The minimum absolute atomic E-state index is 0.590. The van der Waals surface area contributed by atoms with E-state index in [0.717, 1.165) is 27.9 Å². The minimum Gasteiger partial charge on any atom is -0.326 e. The summed E-state index contributed by atoms with van der Waals surface area (Å²) in [6.07, 6.45) is 0. The van der Waals surface area contributed by atoms with Gasteiger partial charge in [0.15, 0.2) is 5.16 Å². The van der Waals surface area contributed by atoms with E-state index in [-0.39, 0.29) is 0 Å². The normalized spacial score (nSPS) is 10.7. The molecule has 0 unspecified atom stereocenters. The first kappa shape index (κ1) is 14.0. The molecular weight excluding hydrogens is 254 g/mol. The number of aryl methyl sites for hydroxylation is 2. The molecule has 0 aliphatic heterocycles. The lowest BCUT2D eigenvalue weighted by Crippen LogP contribution is -1.98. The van der Waals surface area contributed by atoms with Gasteiger partial charge in [-0.2, -0.15) is 0 Å². The van der Waals surface area contributed by atoms with Gasteiger partial charge in [-0.15, -0.1) is 0 Å². The maximum atomic E-state index is 5.59. The molecule has 2 aromatic rings. The molecule has 19 heavy (non-hydrogen) atoms. The van der Waals surface area contributed by atoms with Gasteiger partial charge >= 0.3 is 0 Å². The van der Waals surface area contributed by atoms with Gasteiger partial charge in [-0.1, -0.05) is 36.0 Å². The fraction of sp³-hybridized carbons (Fsp3) is 0.333. The molecule has 0 bridgehead atoms. The van der Waals surface area contributed by atoms with Crippen LogP contribution in [0.2, 0.25) is 0 Å². The van der Waals surface area contributed by atoms with Crippen LogP contribution in [0, 0.1) is 20.8 Å². The minimum atomic E-state index is 0.590. The van der Waals surface area contributed by atoms with Crippen LogP contribution in [-0.2, 0) is 12.3 Å². The molecular formula is C15H19N3S. The summed E-state index contributed by atoms with van der Waals surface area (Å²) < 4.78 is 0. The Morgan fingerprint density at radius 1 is 0.947 bits per heavy atom. The van der Waals surface area contributed by atoms with Crippen molar-refractivity contribution in [2.45, 2.75) is 38.2 Å². The van der Waals surface area contributed by atoms with Crippen LogP contribution in [0.5, 0.6) is 0 Å². The highest BCUT2D eigenvalue weighted by molar-refractivity contribution is 7.98. The highest BCUT2D eigenvalue weighted by atomic mass is 32.2. The van der Waals surface area contributed by atoms with Crippen LogP contribution in [0.15, 0.2) is 29.4 Å². The van der Waals surface area contributed by atoms with Gasteiger partial charge < -0.3 is 5.73 Å². The van der Waals surface area contributed by atoms with Gasteiger partial charge in [0.1, 0.15) is 0 Å². The molecule has 0 radical (unpaired) electrons. The van der Waals surface area contributed by atoms with Gasteiger partial charge in [-0.3, -0.25) is 0 Å². The van der Waals surface area contributed by atoms with E-state index in [0.29, 0.717) is 6.54 Å². The van der Waals surface area contributed by atoms with E-state index in [2.05, 4.69) is 41.2 Å². The van der Waals surface area contributed by atoms with Crippen LogP contribution in [0.25, 0.3) is 0 Å². The Balaban J connectivity index is 2.05. The number of benzene rings is 1. The first-order valence-corrected chi connectivity index (χ1v) is 7.31. The van der Waals surface area contributed by atoms with Crippen LogP contribution >= 0.6 is 11.8 Å². The molecule has 0 aliphatic rings. The maximum absolute atomic E-state index is 5.59. The number of rotatable bonds is 4. The van der Waals surface area contributed by atoms with Crippen molar-refractivity contribution >= 4 is 11.8 Å². The molecule has 3 nitrogen and oxygen atoms in total. The Morgan fingerprint density at radius 2 is 1.47 bits per heavy atom. The second kappa shape index (κ2) is 6.17. The van der Waals surface area contributed by atoms with E-state index >= 15 is 0 Å². The zero-order valence-electron chi connectivity index (χ0n) is 11.6. The van der Waals surface area contributed by atoms with Gasteiger partial charge in [0.2, 0.25) is 0 Å². The zero-order chi connectivity index (χ0) is 13.8. The standard InChI is InChI=1S/C15H19N3S/c1-10-11(2)17-15(18-12(10)3)19-9-14-6-4-13(8-16)5-7-14/h4-7H,8-9,16H2,1-3H3. The van der Waals surface area contributed by atoms with Crippen molar-refractivity contribution in [2.75, 3.05) is 0 Å². The number of hydrogen-bond acceptors (Lipinski definition) is 4. The quantitative estimate of drug-likeness (QED) is 0.687. The largest absolute Gasteiger partial charge is 0.326 e. The Hall–Kier alpha value is -1.39. The average molecular weight is 273 g/mol. The molecule has 0 aliphatic carbocycles. The van der Waals surface area contributed by atoms with Crippen molar-refractivity contribution in [3.8, 4) is 0 Å². The summed E-state index contributed by atoms with van der Waals surface area (Å²) in [7, 11) is 0. The third-order valence-electron chi connectivity index (χ3n) is 3.24. The molecule has 0 saturated carbocycles. The second-order valence-corrected chi connectivity index (χ2v) is 5.55. The van der Waals surface area contributed by atoms with Gasteiger partial charge in [0.05, 0.1) is 0 Å². The van der Waals surface area contributed by atoms with Crippen LogP contribution in [0.4, 0.5) is 0 Å². The predicted molar refractivity (Wildman–Crippen MR) is 80.1 cm³/mol. The number of aromatic nitrogens is 2. The van der Waals surface area contributed by atoms with Crippen molar-refractivity contribution < 1.29 is 0 Å². The van der Waals surface area contributed by atoms with E-state index in [1.165, 1.54) is 11.1 Å². The highest BCUT2D eigenvalue weighted by Crippen LogP contribution is 2.21. The van der Waals surface area contributed by atoms with Gasteiger partial charge in [-0.05, 0) is 37.5 Å². The Labute approximate surface area is 118 Å². The first-order chi connectivity index (χ1) is 9.10. The Bertz CT molecular complexity index is 541. The number of hydrogen-bond donors (Lipinski definition) is 1. The summed E-state index contributed by atoms with van der Waals surface area (Å²) in [4.78, 5) is 9.03. The van der Waals surface area contributed by atoms with Crippen LogP contribution in [0.1, 0.15) is 28.1 Å². The molecule has 4 heteroatoms. The topological polar surface area (TPSA) is 51.8 Å². The average Bonchev–Trinajstić information content (AvgIpc) is 2.43. The summed E-state index contributed by atoms with van der Waals surface area (Å²) in [6.45, 7) is 6.71. The lowest BCUT2D eigenvalue weighted by Gasteiger charge is -2.07. The molecule has 0 fully saturated rings. The van der Waals surface area contributed by atoms with Crippen molar-refractivity contribution in [1.82, 2.24) is 9.97 Å². The monoisotopic (exact) mass is 273 g/mol. The number of thioether (sulfide) groups is 1. The third-order valence-corrected chi connectivity index (χ3v) is 4.16. The van der Waals surface area contributed by atoms with Crippen molar-refractivity contribution in [2.24, 2.45) is 5.73 Å². The van der Waals surface area contributed by atoms with Crippen LogP contribution in [0.3, 0.4) is 0 Å². The summed E-state index contributed by atoms with van der Waals surface area (Å²) >= 11 is 1.67. The smallest absolute Gasteiger partial charge is 0.188 e. The van der Waals surface area contributed by atoms with Gasteiger partial charge in [-0.25, -0.2) is 9.97 Å². The van der Waals surface area contributed by atoms with Crippen molar-refractivity contribution in [1.29, 1.82) is 0 Å². The van der Waals surface area contributed by atoms with E-state index in [4.69, 9.17) is 5.73 Å². The number of nitrogens with zero attached hydrogens (tertiary/aromatic N) is 2. The maximum Gasteiger partial charge on any atom is 0.188 e. The third kappa shape index (κ3) is 3.55. The highest BCUT2D eigenvalue weighted by Gasteiger charge is 2.05. The number of nitrogens with two attached hydrogens (primary N) is 1. The molecule has 0 amide bonds. The Morgan fingerprint density at radius 3 is 2.00 bits per heavy atom. The summed E-state index contributed by atoms with van der Waals surface area (Å²) in [5.74, 6) is 0.882. The molecule has 100 valence electrons. The summed E-state index contributed by atoms with van der Waals surface area (Å²) in [6, 6.07) is 8.37. The lowest BCUT2D eigenvalue weighted by molar-refractivity contribution is 0.880. The summed E-state index contributed by atoms with van der Waals surface area (Å²) in [5.41, 5.74) is 11.3. The van der Waals surface area contributed by atoms with E-state index in [1.54, 1.807) is 11.8 Å². The van der Waals surface area contributed by atoms with Gasteiger partial charge in [0, 0.05) is 23.7 Å². The Kier molecular flexibility index (Phi) is 4.56. The van der Waals surface area contributed by atoms with E-state index < -0.39 is 0 Å². The van der Waals surface area contributed by atoms with E-state index in [1.807, 2.05) is 13.8 Å². The predicted octanol–water partition coefficient (Wildman–Crippen LogP) is 3.15. The molecule has 2 N–H and O–H groups in total. The first-order valence-electron chi connectivity index (χ1n) is 6.32. The fourth-order valence-electron chi connectivity index (χ4n) is 1.73. The van der Waals surface area contributed by atoms with E-state index in [9.17, 15) is 0 Å². The summed E-state index contributed by atoms with van der Waals surface area (Å²) in [5, 5.41) is 0.850. The molecule has 0 spiro atoms. The molecule has 1 heterocycles. The van der Waals surface area contributed by atoms with Crippen LogP contribution in [-0.4, -0.2) is 9.97 Å². The second-order valence-electron chi connectivity index (χ2n) is 4.61. The molecule has 1 aromatic carbocycles. The zero-order valence-corrected chi connectivity index (χ0v) is 12.4. The molecule has 0 atom stereocenters. The molecule has 1 aromatic heterocycles. The lowest BCUT2D eigenvalue weighted by atomic mass is 10.1. The molecule has 2 rings (SSSR count). The SMILES string of the molecule is Cc1nc(SCc2ccc(CN)cc2)nc(C)c1C. The molecule has 0 saturated heterocycles. The van der Waals surface area contributed by atoms with Crippen molar-refractivity contribution in [3.63, 3.8) is 0 Å².